The summed E-state index contributed by atoms with van der Waals surface area (Å²) in [6.07, 6.45) is 1.69. The van der Waals surface area contributed by atoms with Crippen LogP contribution in [0.1, 0.15) is 26.5 Å². The second-order valence-electron chi connectivity index (χ2n) is 5.49. The summed E-state index contributed by atoms with van der Waals surface area (Å²) >= 11 is 1.41. The zero-order valence-electron chi connectivity index (χ0n) is 12.9. The van der Waals surface area contributed by atoms with Gasteiger partial charge in [-0.3, -0.25) is 4.79 Å². The Bertz CT molecular complexity index is 1030. The van der Waals surface area contributed by atoms with Gasteiger partial charge < -0.3 is 9.52 Å². The van der Waals surface area contributed by atoms with Crippen molar-refractivity contribution < 1.29 is 19.1 Å². The molecule has 0 aliphatic carbocycles. The molecule has 0 saturated heterocycles. The summed E-state index contributed by atoms with van der Waals surface area (Å²) in [7, 11) is 0. The number of hydrogen-bond donors (Lipinski definition) is 1. The van der Waals surface area contributed by atoms with Gasteiger partial charge in [-0.2, -0.15) is 0 Å². The summed E-state index contributed by atoms with van der Waals surface area (Å²) in [5.74, 6) is -0.0648. The van der Waals surface area contributed by atoms with Crippen LogP contribution in [-0.2, 0) is 0 Å². The van der Waals surface area contributed by atoms with E-state index in [4.69, 9.17) is 4.42 Å². The number of ketones is 1. The van der Waals surface area contributed by atoms with Crippen molar-refractivity contribution in [1.29, 1.82) is 0 Å². The number of carbonyl (C=O) groups excluding carboxylic acids is 1. The van der Waals surface area contributed by atoms with Crippen LogP contribution < -0.4 is 0 Å². The third-order valence-corrected chi connectivity index (χ3v) is 5.00. The van der Waals surface area contributed by atoms with Crippen LogP contribution in [0.4, 0.5) is 0 Å². The third-order valence-electron chi connectivity index (χ3n) is 3.90. The Kier molecular flexibility index (Phi) is 3.78. The summed E-state index contributed by atoms with van der Waals surface area (Å²) in [6.45, 7) is 0. The molecule has 0 fully saturated rings. The molecule has 1 N–H and O–H groups in total. The van der Waals surface area contributed by atoms with Crippen molar-refractivity contribution in [2.75, 3.05) is 0 Å². The highest BCUT2D eigenvalue weighted by molar-refractivity contribution is 8.04. The molecule has 122 valence electrons. The van der Waals surface area contributed by atoms with Gasteiger partial charge in [0.15, 0.2) is 0 Å². The van der Waals surface area contributed by atoms with Gasteiger partial charge in [-0.15, -0.1) is 0 Å². The van der Waals surface area contributed by atoms with Gasteiger partial charge in [-0.05, 0) is 36.4 Å². The monoisotopic (exact) mass is 348 g/mol. The number of furan rings is 1. The Hall–Kier alpha value is -3.05. The molecule has 2 heterocycles. The zero-order valence-corrected chi connectivity index (χ0v) is 13.7. The summed E-state index contributed by atoms with van der Waals surface area (Å²) in [6, 6.07) is 17.6. The highest BCUT2D eigenvalue weighted by Crippen LogP contribution is 2.41. The molecule has 1 aliphatic rings. The van der Waals surface area contributed by atoms with Gasteiger partial charge in [0.25, 0.3) is 0 Å². The van der Waals surface area contributed by atoms with E-state index < -0.39 is 5.97 Å². The average Bonchev–Trinajstić information content (AvgIpc) is 3.21. The number of carboxylic acids is 1. The van der Waals surface area contributed by atoms with Crippen LogP contribution in [0.3, 0.4) is 0 Å². The molecule has 0 bridgehead atoms. The molecule has 2 aromatic carbocycles. The largest absolute Gasteiger partial charge is 0.478 e. The van der Waals surface area contributed by atoms with E-state index in [1.54, 1.807) is 36.4 Å². The lowest BCUT2D eigenvalue weighted by Gasteiger charge is -2.02. The fraction of sp³-hybridized carbons (Fsp3) is 0. The van der Waals surface area contributed by atoms with Crippen molar-refractivity contribution in [3.05, 3.63) is 82.5 Å². The first-order chi connectivity index (χ1) is 12.1. The zero-order chi connectivity index (χ0) is 17.4. The SMILES string of the molecule is O=C1/C(=C/c2ccc(-c3ccccc3C(=O)O)o2)Sc2ccccc21. The number of carboxylic acid groups (broad SMARTS) is 1. The fourth-order valence-electron chi connectivity index (χ4n) is 2.72. The van der Waals surface area contributed by atoms with Gasteiger partial charge in [-0.25, -0.2) is 4.79 Å². The number of allylic oxidation sites excluding steroid dienone is 1. The molecule has 4 rings (SSSR count). The van der Waals surface area contributed by atoms with Gasteiger partial charge in [0, 0.05) is 16.0 Å². The summed E-state index contributed by atoms with van der Waals surface area (Å²) in [5, 5.41) is 9.30. The maximum absolute atomic E-state index is 12.4. The van der Waals surface area contributed by atoms with E-state index in [1.807, 2.05) is 24.3 Å². The molecule has 0 atom stereocenters. The van der Waals surface area contributed by atoms with Crippen LogP contribution in [0.2, 0.25) is 0 Å². The molecular formula is C20H12O4S. The Balaban J connectivity index is 1.68. The van der Waals surface area contributed by atoms with Crippen LogP contribution >= 0.6 is 11.8 Å². The molecule has 1 aliphatic heterocycles. The van der Waals surface area contributed by atoms with E-state index in [0.29, 0.717) is 27.6 Å². The van der Waals surface area contributed by atoms with Crippen LogP contribution in [0.15, 0.2) is 74.9 Å². The predicted octanol–water partition coefficient (Wildman–Crippen LogP) is 4.97. The molecule has 0 unspecified atom stereocenters. The Morgan fingerprint density at radius 3 is 2.44 bits per heavy atom. The van der Waals surface area contributed by atoms with E-state index in [1.165, 1.54) is 17.8 Å². The lowest BCUT2D eigenvalue weighted by molar-refractivity contribution is 0.0697. The van der Waals surface area contributed by atoms with Gasteiger partial charge in [0.05, 0.1) is 10.5 Å². The molecule has 3 aromatic rings. The quantitative estimate of drug-likeness (QED) is 0.677. The number of carbonyl (C=O) groups is 2. The molecule has 0 spiro atoms. The Morgan fingerprint density at radius 2 is 1.68 bits per heavy atom. The minimum Gasteiger partial charge on any atom is -0.478 e. The van der Waals surface area contributed by atoms with Gasteiger partial charge in [0.1, 0.15) is 11.5 Å². The second-order valence-corrected chi connectivity index (χ2v) is 6.57. The van der Waals surface area contributed by atoms with E-state index in [-0.39, 0.29) is 11.3 Å². The van der Waals surface area contributed by atoms with Gasteiger partial charge >= 0.3 is 5.97 Å². The van der Waals surface area contributed by atoms with Crippen LogP contribution in [0, 0.1) is 0 Å². The highest BCUT2D eigenvalue weighted by Gasteiger charge is 2.25. The number of Topliss-reactive ketones (excluding diaryl/α,β-unsaturated/α-hetero) is 1. The van der Waals surface area contributed by atoms with E-state index in [2.05, 4.69) is 0 Å². The van der Waals surface area contributed by atoms with Crippen LogP contribution in [0.5, 0.6) is 0 Å². The van der Waals surface area contributed by atoms with Crippen molar-refractivity contribution in [2.45, 2.75) is 4.90 Å². The van der Waals surface area contributed by atoms with Crippen molar-refractivity contribution in [1.82, 2.24) is 0 Å². The number of aromatic carboxylic acids is 1. The topological polar surface area (TPSA) is 67.5 Å². The summed E-state index contributed by atoms with van der Waals surface area (Å²) in [5.41, 5.74) is 1.38. The van der Waals surface area contributed by atoms with Gasteiger partial charge in [0.2, 0.25) is 5.78 Å². The minimum atomic E-state index is -1.01. The Morgan fingerprint density at radius 1 is 0.960 bits per heavy atom. The number of fused-ring (bicyclic) bond motifs is 1. The Labute approximate surface area is 147 Å². The lowest BCUT2D eigenvalue weighted by atomic mass is 10.1. The summed E-state index contributed by atoms with van der Waals surface area (Å²) in [4.78, 5) is 25.3. The molecule has 0 radical (unpaired) electrons. The van der Waals surface area contributed by atoms with Gasteiger partial charge in [-0.1, -0.05) is 42.1 Å². The number of hydrogen-bond acceptors (Lipinski definition) is 4. The molecule has 1 aromatic heterocycles. The molecule has 0 amide bonds. The van der Waals surface area contributed by atoms with E-state index in [9.17, 15) is 14.7 Å². The first-order valence-corrected chi connectivity index (χ1v) is 8.41. The second kappa shape index (κ2) is 6.11. The maximum Gasteiger partial charge on any atom is 0.336 e. The van der Waals surface area contributed by atoms with Crippen molar-refractivity contribution in [3.63, 3.8) is 0 Å². The number of rotatable bonds is 3. The molecular weight excluding hydrogens is 336 g/mol. The number of thioether (sulfide) groups is 1. The van der Waals surface area contributed by atoms with Crippen molar-refractivity contribution in [2.24, 2.45) is 0 Å². The minimum absolute atomic E-state index is 0.0236. The third kappa shape index (κ3) is 2.79. The molecule has 4 nitrogen and oxygen atoms in total. The lowest BCUT2D eigenvalue weighted by Crippen LogP contribution is -1.98. The van der Waals surface area contributed by atoms with Crippen LogP contribution in [0.25, 0.3) is 17.4 Å². The fourth-order valence-corrected chi connectivity index (χ4v) is 3.76. The normalized spacial score (nSPS) is 14.7. The van der Waals surface area contributed by atoms with Crippen molar-refractivity contribution in [3.8, 4) is 11.3 Å². The van der Waals surface area contributed by atoms with E-state index in [0.717, 1.165) is 4.90 Å². The first kappa shape index (κ1) is 15.5. The maximum atomic E-state index is 12.4. The predicted molar refractivity (Wildman–Crippen MR) is 95.7 cm³/mol. The van der Waals surface area contributed by atoms with E-state index >= 15 is 0 Å². The van der Waals surface area contributed by atoms with Crippen LogP contribution in [-0.4, -0.2) is 16.9 Å². The average molecular weight is 348 g/mol. The first-order valence-electron chi connectivity index (χ1n) is 7.59. The molecule has 5 heteroatoms. The summed E-state index contributed by atoms with van der Waals surface area (Å²) < 4.78 is 5.76. The molecule has 25 heavy (non-hydrogen) atoms. The highest BCUT2D eigenvalue weighted by atomic mass is 32.2. The van der Waals surface area contributed by atoms with Crippen molar-refractivity contribution >= 4 is 29.6 Å². The smallest absolute Gasteiger partial charge is 0.336 e. The number of benzene rings is 2. The standard InChI is InChI=1S/C20H12O4S/c21-19-15-7-3-4-8-17(15)25-18(19)11-12-9-10-16(24-12)13-5-1-2-6-14(13)20(22)23/h1-11H,(H,22,23)/b18-11-. The molecule has 0 saturated carbocycles.